The highest BCUT2D eigenvalue weighted by Gasteiger charge is 2.32. The molecule has 3 rings (SSSR count). The zero-order valence-electron chi connectivity index (χ0n) is 12.2. The van der Waals surface area contributed by atoms with E-state index in [4.69, 9.17) is 9.47 Å². The van der Waals surface area contributed by atoms with Crippen LogP contribution in [-0.4, -0.2) is 35.1 Å². The number of carbonyl (C=O) groups is 1. The van der Waals surface area contributed by atoms with Crippen LogP contribution in [-0.2, 0) is 0 Å². The smallest absolute Gasteiger partial charge is 0.270 e. The number of benzene rings is 1. The van der Waals surface area contributed by atoms with Gasteiger partial charge in [-0.2, -0.15) is 0 Å². The summed E-state index contributed by atoms with van der Waals surface area (Å²) in [7, 11) is 1.50. The van der Waals surface area contributed by atoms with Crippen LogP contribution in [0, 0.1) is 0 Å². The minimum atomic E-state index is -0.219. The summed E-state index contributed by atoms with van der Waals surface area (Å²) in [5, 5.41) is 2.93. The van der Waals surface area contributed by atoms with Crippen LogP contribution in [0.2, 0.25) is 0 Å². The molecule has 1 N–H and O–H groups in total. The first-order valence-corrected chi connectivity index (χ1v) is 7.13. The standard InChI is InChI=1S/C16H17N3O3/c1-21-15-9-14(17-10-18-15)16(20)19-11-7-13(8-11)22-12-5-3-2-4-6-12/h2-6,9-11,13H,7-8H2,1H3,(H,19,20). The van der Waals surface area contributed by atoms with Crippen LogP contribution in [0.5, 0.6) is 11.6 Å². The molecular formula is C16H17N3O3. The Morgan fingerprint density at radius 1 is 1.23 bits per heavy atom. The Hall–Kier alpha value is -2.63. The van der Waals surface area contributed by atoms with E-state index in [2.05, 4.69) is 15.3 Å². The molecule has 1 aliphatic carbocycles. The molecule has 1 amide bonds. The number of para-hydroxylation sites is 1. The van der Waals surface area contributed by atoms with Crippen LogP contribution >= 0.6 is 0 Å². The highest BCUT2D eigenvalue weighted by Crippen LogP contribution is 2.26. The zero-order valence-corrected chi connectivity index (χ0v) is 12.2. The second-order valence-corrected chi connectivity index (χ2v) is 5.14. The van der Waals surface area contributed by atoms with Crippen LogP contribution < -0.4 is 14.8 Å². The van der Waals surface area contributed by atoms with E-state index in [0.717, 1.165) is 18.6 Å². The highest BCUT2D eigenvalue weighted by molar-refractivity contribution is 5.92. The van der Waals surface area contributed by atoms with Crippen LogP contribution in [0.15, 0.2) is 42.7 Å². The van der Waals surface area contributed by atoms with E-state index in [1.165, 1.54) is 19.5 Å². The summed E-state index contributed by atoms with van der Waals surface area (Å²) in [5.41, 5.74) is 0.305. The van der Waals surface area contributed by atoms with Crippen molar-refractivity contribution in [1.29, 1.82) is 0 Å². The van der Waals surface area contributed by atoms with Gasteiger partial charge in [0.15, 0.2) is 0 Å². The number of hydrogen-bond acceptors (Lipinski definition) is 5. The molecule has 1 aromatic heterocycles. The first-order valence-electron chi connectivity index (χ1n) is 7.13. The van der Waals surface area contributed by atoms with E-state index >= 15 is 0 Å². The molecule has 1 aromatic carbocycles. The molecule has 6 nitrogen and oxygen atoms in total. The summed E-state index contributed by atoms with van der Waals surface area (Å²) in [6, 6.07) is 11.3. The van der Waals surface area contributed by atoms with E-state index in [-0.39, 0.29) is 18.1 Å². The quantitative estimate of drug-likeness (QED) is 0.911. The molecule has 0 unspecified atom stereocenters. The molecule has 0 spiro atoms. The second-order valence-electron chi connectivity index (χ2n) is 5.14. The molecule has 114 valence electrons. The number of aromatic nitrogens is 2. The predicted molar refractivity (Wildman–Crippen MR) is 79.9 cm³/mol. The van der Waals surface area contributed by atoms with Crippen LogP contribution in [0.1, 0.15) is 23.3 Å². The minimum absolute atomic E-state index is 0.113. The lowest BCUT2D eigenvalue weighted by Crippen LogP contribution is -2.49. The van der Waals surface area contributed by atoms with Gasteiger partial charge in [0, 0.05) is 24.9 Å². The van der Waals surface area contributed by atoms with Crippen molar-refractivity contribution < 1.29 is 14.3 Å². The average Bonchev–Trinajstić information content (AvgIpc) is 2.53. The number of nitrogens with one attached hydrogen (secondary N) is 1. The molecule has 1 saturated carbocycles. The van der Waals surface area contributed by atoms with E-state index in [1.807, 2.05) is 30.3 Å². The van der Waals surface area contributed by atoms with Gasteiger partial charge in [-0.3, -0.25) is 4.79 Å². The largest absolute Gasteiger partial charge is 0.490 e. The number of hydrogen-bond donors (Lipinski definition) is 1. The van der Waals surface area contributed by atoms with Crippen molar-refractivity contribution >= 4 is 5.91 Å². The Balaban J connectivity index is 1.48. The number of ether oxygens (including phenoxy) is 2. The van der Waals surface area contributed by atoms with Crippen LogP contribution in [0.4, 0.5) is 0 Å². The fraction of sp³-hybridized carbons (Fsp3) is 0.312. The monoisotopic (exact) mass is 299 g/mol. The van der Waals surface area contributed by atoms with Gasteiger partial charge in [-0.15, -0.1) is 0 Å². The Kier molecular flexibility index (Phi) is 4.18. The number of rotatable bonds is 5. The van der Waals surface area contributed by atoms with Crippen LogP contribution in [0.25, 0.3) is 0 Å². The van der Waals surface area contributed by atoms with Gasteiger partial charge < -0.3 is 14.8 Å². The van der Waals surface area contributed by atoms with E-state index in [1.54, 1.807) is 0 Å². The number of methoxy groups -OCH3 is 1. The summed E-state index contributed by atoms with van der Waals surface area (Å²) in [5.74, 6) is 1.01. The SMILES string of the molecule is COc1cc(C(=O)NC2CC(Oc3ccccc3)C2)ncn1. The zero-order chi connectivity index (χ0) is 15.4. The first-order chi connectivity index (χ1) is 10.7. The molecule has 1 aliphatic rings. The van der Waals surface area contributed by atoms with Crippen molar-refractivity contribution in [2.45, 2.75) is 25.0 Å². The maximum atomic E-state index is 12.1. The third-order valence-corrected chi connectivity index (χ3v) is 3.56. The van der Waals surface area contributed by atoms with Gasteiger partial charge in [-0.05, 0) is 12.1 Å². The molecule has 0 radical (unpaired) electrons. The molecule has 1 heterocycles. The normalized spacial score (nSPS) is 19.9. The van der Waals surface area contributed by atoms with E-state index in [9.17, 15) is 4.79 Å². The summed E-state index contributed by atoms with van der Waals surface area (Å²) in [4.78, 5) is 19.9. The maximum Gasteiger partial charge on any atom is 0.270 e. The fourth-order valence-corrected chi connectivity index (χ4v) is 2.31. The molecule has 2 aromatic rings. The van der Waals surface area contributed by atoms with Gasteiger partial charge in [0.2, 0.25) is 5.88 Å². The average molecular weight is 299 g/mol. The molecule has 6 heteroatoms. The van der Waals surface area contributed by atoms with Crippen molar-refractivity contribution in [3.8, 4) is 11.6 Å². The lowest BCUT2D eigenvalue weighted by molar-refractivity contribution is 0.0697. The van der Waals surface area contributed by atoms with E-state index < -0.39 is 0 Å². The lowest BCUT2D eigenvalue weighted by atomic mass is 9.89. The Morgan fingerprint density at radius 3 is 2.73 bits per heavy atom. The summed E-state index contributed by atoms with van der Waals surface area (Å²) in [6.45, 7) is 0. The second kappa shape index (κ2) is 6.43. The third-order valence-electron chi connectivity index (χ3n) is 3.56. The number of nitrogens with zero attached hydrogens (tertiary/aromatic N) is 2. The van der Waals surface area contributed by atoms with Crippen molar-refractivity contribution in [2.75, 3.05) is 7.11 Å². The maximum absolute atomic E-state index is 12.1. The fourth-order valence-electron chi connectivity index (χ4n) is 2.31. The Labute approximate surface area is 128 Å². The van der Waals surface area contributed by atoms with Crippen molar-refractivity contribution in [2.24, 2.45) is 0 Å². The van der Waals surface area contributed by atoms with Gasteiger partial charge in [-0.1, -0.05) is 18.2 Å². The molecule has 0 aliphatic heterocycles. The molecule has 0 atom stereocenters. The van der Waals surface area contributed by atoms with Crippen molar-refractivity contribution in [3.05, 3.63) is 48.4 Å². The van der Waals surface area contributed by atoms with Gasteiger partial charge in [0.1, 0.15) is 23.9 Å². The molecule has 0 saturated heterocycles. The van der Waals surface area contributed by atoms with Gasteiger partial charge in [-0.25, -0.2) is 9.97 Å². The van der Waals surface area contributed by atoms with Crippen molar-refractivity contribution in [3.63, 3.8) is 0 Å². The summed E-state index contributed by atoms with van der Waals surface area (Å²) >= 11 is 0. The third kappa shape index (κ3) is 3.33. The van der Waals surface area contributed by atoms with Gasteiger partial charge in [0.05, 0.1) is 7.11 Å². The Morgan fingerprint density at radius 2 is 2.00 bits per heavy atom. The molecule has 22 heavy (non-hydrogen) atoms. The predicted octanol–water partition coefficient (Wildman–Crippen LogP) is 1.82. The molecule has 1 fully saturated rings. The van der Waals surface area contributed by atoms with Gasteiger partial charge in [0.25, 0.3) is 5.91 Å². The lowest BCUT2D eigenvalue weighted by Gasteiger charge is -2.35. The molecule has 0 bridgehead atoms. The van der Waals surface area contributed by atoms with Gasteiger partial charge >= 0.3 is 0 Å². The number of carbonyl (C=O) groups excluding carboxylic acids is 1. The summed E-state index contributed by atoms with van der Waals surface area (Å²) in [6.07, 6.45) is 3.05. The van der Waals surface area contributed by atoms with E-state index in [0.29, 0.717) is 11.6 Å². The topological polar surface area (TPSA) is 73.3 Å². The molecular weight excluding hydrogens is 282 g/mol. The first kappa shape index (κ1) is 14.3. The van der Waals surface area contributed by atoms with Crippen molar-refractivity contribution in [1.82, 2.24) is 15.3 Å². The van der Waals surface area contributed by atoms with Crippen LogP contribution in [0.3, 0.4) is 0 Å². The highest BCUT2D eigenvalue weighted by atomic mass is 16.5. The Bertz CT molecular complexity index is 642. The minimum Gasteiger partial charge on any atom is -0.490 e. The number of amides is 1. The summed E-state index contributed by atoms with van der Waals surface area (Å²) < 4.78 is 10.8.